The molecular weight excluding hydrogens is 492 g/mol. The van der Waals surface area contributed by atoms with Gasteiger partial charge in [0.25, 0.3) is 23.8 Å². The van der Waals surface area contributed by atoms with Crippen LogP contribution >= 0.6 is 0 Å². The van der Waals surface area contributed by atoms with Crippen molar-refractivity contribution in [3.05, 3.63) is 0 Å². The first-order chi connectivity index (χ1) is 17.0. The summed E-state index contributed by atoms with van der Waals surface area (Å²) in [6.45, 7) is 11.1. The van der Waals surface area contributed by atoms with Gasteiger partial charge < -0.3 is 29.2 Å². The van der Waals surface area contributed by atoms with Gasteiger partial charge >= 0.3 is 12.1 Å². The van der Waals surface area contributed by atoms with Crippen LogP contribution in [-0.4, -0.2) is 123 Å². The summed E-state index contributed by atoms with van der Waals surface area (Å²) in [6.07, 6.45) is 0. The van der Waals surface area contributed by atoms with Crippen LogP contribution in [0.4, 0.5) is 9.59 Å². The van der Waals surface area contributed by atoms with Gasteiger partial charge in [0.2, 0.25) is 0 Å². The number of β-amino-alcohol motifs (C(OH)–C–C–N with tert-alkyl or cyclic N) is 2. The fourth-order valence-electron chi connectivity index (χ4n) is 4.30. The van der Waals surface area contributed by atoms with Crippen molar-refractivity contribution >= 4 is 23.9 Å². The van der Waals surface area contributed by atoms with Gasteiger partial charge in [-0.2, -0.15) is 0 Å². The molecule has 0 aromatic carbocycles. The smallest absolute Gasteiger partial charge is 0.329 e. The van der Waals surface area contributed by atoms with Crippen LogP contribution in [-0.2, 0) is 28.5 Å². The Morgan fingerprint density at radius 3 is 1.14 bits per heavy atom. The average Bonchev–Trinajstić information content (AvgIpc) is 3.04. The maximum atomic E-state index is 13.4. The van der Waals surface area contributed by atoms with E-state index in [0.29, 0.717) is 0 Å². The maximum Gasteiger partial charge on any atom is 0.329 e. The third-order valence-electron chi connectivity index (χ3n) is 6.29. The van der Waals surface area contributed by atoms with E-state index in [1.807, 2.05) is 0 Å². The van der Waals surface area contributed by atoms with E-state index in [4.69, 9.17) is 18.9 Å². The molecule has 2 aliphatic rings. The van der Waals surface area contributed by atoms with Gasteiger partial charge in [-0.05, 0) is 55.4 Å². The van der Waals surface area contributed by atoms with Crippen molar-refractivity contribution in [1.82, 2.24) is 19.6 Å². The molecule has 2 N–H and O–H groups in total. The van der Waals surface area contributed by atoms with Gasteiger partial charge in [0.15, 0.2) is 0 Å². The van der Waals surface area contributed by atoms with Gasteiger partial charge in [-0.25, -0.2) is 9.59 Å². The third kappa shape index (κ3) is 5.89. The van der Waals surface area contributed by atoms with E-state index in [-0.39, 0.29) is 26.4 Å². The number of hydrogen-bond acceptors (Lipinski definition) is 10. The van der Waals surface area contributed by atoms with Gasteiger partial charge in [-0.3, -0.25) is 29.2 Å². The van der Waals surface area contributed by atoms with Crippen LogP contribution < -0.4 is 0 Å². The molecule has 2 fully saturated rings. The van der Waals surface area contributed by atoms with Gasteiger partial charge in [-0.15, -0.1) is 0 Å². The molecular formula is C23H40N4O10. The maximum absolute atomic E-state index is 13.4. The molecule has 0 saturated carbocycles. The Kier molecular flexibility index (Phi) is 9.32. The predicted molar refractivity (Wildman–Crippen MR) is 127 cm³/mol. The minimum Gasteiger partial charge on any atom is -0.342 e. The molecule has 2 aliphatic heterocycles. The second-order valence-electron chi connectivity index (χ2n) is 9.62. The Balaban J connectivity index is 2.33. The quantitative estimate of drug-likeness (QED) is 0.238. The number of hydrogen-bond donors (Lipinski definition) is 2. The molecule has 0 atom stereocenters. The second kappa shape index (κ2) is 11.2. The van der Waals surface area contributed by atoms with Crippen LogP contribution in [0.1, 0.15) is 55.4 Å². The molecule has 0 unspecified atom stereocenters. The number of imide groups is 2. The second-order valence-corrected chi connectivity index (χ2v) is 9.62. The van der Waals surface area contributed by atoms with E-state index in [9.17, 15) is 29.4 Å². The zero-order valence-electron chi connectivity index (χ0n) is 22.9. The largest absolute Gasteiger partial charge is 0.342 e. The number of amides is 6. The molecule has 14 nitrogen and oxygen atoms in total. The van der Waals surface area contributed by atoms with Gasteiger partial charge in [0.1, 0.15) is 30.8 Å². The lowest BCUT2D eigenvalue weighted by atomic mass is 10.0. The Morgan fingerprint density at radius 1 is 0.622 bits per heavy atom. The zero-order chi connectivity index (χ0) is 28.4. The normalized spacial score (nSPS) is 20.2. The fourth-order valence-corrected chi connectivity index (χ4v) is 4.30. The highest BCUT2D eigenvalue weighted by atomic mass is 16.8. The molecule has 0 bridgehead atoms. The van der Waals surface area contributed by atoms with Crippen molar-refractivity contribution in [1.29, 1.82) is 0 Å². The van der Waals surface area contributed by atoms with E-state index in [2.05, 4.69) is 0 Å². The molecule has 14 heteroatoms. The summed E-state index contributed by atoms with van der Waals surface area (Å²) in [4.78, 5) is 57.0. The SMILES string of the molecule is CCOC(O)(CN1C(=O)N(CN2C(=O)N(CC(O)(OCC)OCC)C(=O)C2(C)C)C(C)(C)C1=O)OCC. The van der Waals surface area contributed by atoms with Crippen molar-refractivity contribution in [2.24, 2.45) is 0 Å². The standard InChI is InChI=1S/C23H40N4O10/c1-9-34-22(32,35-10-2)13-24-16(28)20(5,6)26(18(24)30)15-27-19(31)25(17(29)21(27,7)8)14-23(33,36-11-3)37-12-4/h32-33H,9-15H2,1-8H3. The fraction of sp³-hybridized carbons (Fsp3) is 0.826. The number of urea groups is 2. The molecule has 0 aromatic rings. The number of carbonyl (C=O) groups is 4. The molecule has 0 spiro atoms. The first-order valence-electron chi connectivity index (χ1n) is 12.3. The zero-order valence-corrected chi connectivity index (χ0v) is 22.9. The Morgan fingerprint density at radius 2 is 0.892 bits per heavy atom. The number of nitrogens with zero attached hydrogens (tertiary/aromatic N) is 4. The monoisotopic (exact) mass is 532 g/mol. The summed E-state index contributed by atoms with van der Waals surface area (Å²) in [7, 11) is 0. The Labute approximate surface area is 216 Å². The van der Waals surface area contributed by atoms with Crippen LogP contribution in [0.5, 0.6) is 0 Å². The van der Waals surface area contributed by atoms with Crippen molar-refractivity contribution in [2.45, 2.75) is 78.4 Å². The molecule has 0 radical (unpaired) electrons. The van der Waals surface area contributed by atoms with E-state index < -0.39 is 66.7 Å². The van der Waals surface area contributed by atoms with Crippen molar-refractivity contribution in [2.75, 3.05) is 46.2 Å². The molecule has 2 saturated heterocycles. The molecule has 212 valence electrons. The lowest BCUT2D eigenvalue weighted by molar-refractivity contribution is -0.358. The predicted octanol–water partition coefficient (Wildman–Crippen LogP) is 0.468. The van der Waals surface area contributed by atoms with Crippen LogP contribution in [0.2, 0.25) is 0 Å². The number of aliphatic hydroxyl groups is 2. The molecule has 2 rings (SSSR count). The summed E-state index contributed by atoms with van der Waals surface area (Å²) in [5, 5.41) is 21.3. The minimum atomic E-state index is -2.21. The Hall–Kier alpha value is -2.36. The summed E-state index contributed by atoms with van der Waals surface area (Å²) in [5.41, 5.74) is -2.86. The average molecular weight is 533 g/mol. The first kappa shape index (κ1) is 30.9. The van der Waals surface area contributed by atoms with Crippen molar-refractivity contribution in [3.63, 3.8) is 0 Å². The van der Waals surface area contributed by atoms with Crippen molar-refractivity contribution < 1.29 is 48.3 Å². The van der Waals surface area contributed by atoms with Crippen LogP contribution in [0.25, 0.3) is 0 Å². The number of carbonyl (C=O) groups excluding carboxylic acids is 4. The number of ether oxygens (including phenoxy) is 4. The third-order valence-corrected chi connectivity index (χ3v) is 6.29. The molecule has 0 aliphatic carbocycles. The molecule has 0 aromatic heterocycles. The van der Waals surface area contributed by atoms with Crippen LogP contribution in [0, 0.1) is 0 Å². The lowest BCUT2D eigenvalue weighted by Crippen LogP contribution is -2.55. The van der Waals surface area contributed by atoms with Gasteiger partial charge in [0.05, 0.1) is 0 Å². The van der Waals surface area contributed by atoms with E-state index in [1.165, 1.54) is 27.7 Å². The van der Waals surface area contributed by atoms with E-state index in [0.717, 1.165) is 19.6 Å². The summed E-state index contributed by atoms with van der Waals surface area (Å²) < 4.78 is 20.9. The van der Waals surface area contributed by atoms with Gasteiger partial charge in [-0.1, -0.05) is 0 Å². The highest BCUT2D eigenvalue weighted by Crippen LogP contribution is 2.35. The molecule has 6 amide bonds. The topological polar surface area (TPSA) is 159 Å². The van der Waals surface area contributed by atoms with Crippen LogP contribution in [0.15, 0.2) is 0 Å². The molecule has 2 heterocycles. The first-order valence-corrected chi connectivity index (χ1v) is 12.3. The van der Waals surface area contributed by atoms with Gasteiger partial charge in [0, 0.05) is 26.4 Å². The van der Waals surface area contributed by atoms with Crippen LogP contribution in [0.3, 0.4) is 0 Å². The number of rotatable bonds is 14. The lowest BCUT2D eigenvalue weighted by Gasteiger charge is -2.36. The van der Waals surface area contributed by atoms with E-state index in [1.54, 1.807) is 27.7 Å². The Bertz CT molecular complexity index is 811. The highest BCUT2D eigenvalue weighted by Gasteiger charge is 2.59. The summed E-state index contributed by atoms with van der Waals surface area (Å²) in [6, 6.07) is -1.61. The summed E-state index contributed by atoms with van der Waals surface area (Å²) in [5.74, 6) is -5.71. The highest BCUT2D eigenvalue weighted by molar-refractivity contribution is 6.08. The van der Waals surface area contributed by atoms with E-state index >= 15 is 0 Å². The molecule has 37 heavy (non-hydrogen) atoms. The van der Waals surface area contributed by atoms with Crippen molar-refractivity contribution in [3.8, 4) is 0 Å². The summed E-state index contributed by atoms with van der Waals surface area (Å²) >= 11 is 0. The minimum absolute atomic E-state index is 0.0596.